The molecule has 0 saturated heterocycles. The van der Waals surface area contributed by atoms with E-state index < -0.39 is 0 Å². The number of hydrogen-bond donors (Lipinski definition) is 2. The molecule has 4 rings (SSSR count). The lowest BCUT2D eigenvalue weighted by atomic mass is 10.1. The Hall–Kier alpha value is -3.60. The van der Waals surface area contributed by atoms with Gasteiger partial charge in [-0.15, -0.1) is 0 Å². The quantitative estimate of drug-likeness (QED) is 0.511. The first-order chi connectivity index (χ1) is 13.7. The van der Waals surface area contributed by atoms with Crippen molar-refractivity contribution in [2.45, 2.75) is 12.8 Å². The van der Waals surface area contributed by atoms with Crippen LogP contribution in [0.4, 0.5) is 5.69 Å². The third-order valence-electron chi connectivity index (χ3n) is 4.62. The zero-order chi connectivity index (χ0) is 19.3. The van der Waals surface area contributed by atoms with Crippen molar-refractivity contribution in [3.05, 3.63) is 78.4 Å². The van der Waals surface area contributed by atoms with E-state index in [1.807, 2.05) is 72.8 Å². The number of aromatic amines is 1. The lowest BCUT2D eigenvalue weighted by Crippen LogP contribution is -2.13. The van der Waals surface area contributed by atoms with E-state index in [4.69, 9.17) is 4.74 Å². The molecule has 0 atom stereocenters. The molecule has 0 fully saturated rings. The molecular formula is C23H21N3O2. The molecule has 0 saturated carbocycles. The van der Waals surface area contributed by atoms with Gasteiger partial charge in [-0.1, -0.05) is 36.4 Å². The number of nitrogens with zero attached hydrogens (tertiary/aromatic N) is 1. The molecule has 5 nitrogen and oxygen atoms in total. The number of aryl methyl sites for hydroxylation is 1. The first-order valence-electron chi connectivity index (χ1n) is 9.20. The van der Waals surface area contributed by atoms with Gasteiger partial charge < -0.3 is 15.0 Å². The largest absolute Gasteiger partial charge is 0.497 e. The number of fused-ring (bicyclic) bond motifs is 1. The van der Waals surface area contributed by atoms with Crippen molar-refractivity contribution in [3.63, 3.8) is 0 Å². The first-order valence-corrected chi connectivity index (χ1v) is 9.20. The number of para-hydroxylation sites is 3. The zero-order valence-corrected chi connectivity index (χ0v) is 15.6. The van der Waals surface area contributed by atoms with Crippen LogP contribution in [0.1, 0.15) is 12.0 Å². The maximum absolute atomic E-state index is 12.5. The highest BCUT2D eigenvalue weighted by Crippen LogP contribution is 2.27. The Morgan fingerprint density at radius 2 is 1.86 bits per heavy atom. The summed E-state index contributed by atoms with van der Waals surface area (Å²) in [7, 11) is 1.64. The van der Waals surface area contributed by atoms with Crippen LogP contribution in [0.5, 0.6) is 5.75 Å². The van der Waals surface area contributed by atoms with Crippen LogP contribution in [-0.2, 0) is 11.2 Å². The van der Waals surface area contributed by atoms with Crippen LogP contribution in [0.25, 0.3) is 22.4 Å². The second-order valence-corrected chi connectivity index (χ2v) is 6.55. The van der Waals surface area contributed by atoms with Crippen molar-refractivity contribution in [3.8, 4) is 17.1 Å². The van der Waals surface area contributed by atoms with Gasteiger partial charge in [0.1, 0.15) is 11.6 Å². The highest BCUT2D eigenvalue weighted by molar-refractivity contribution is 5.95. The van der Waals surface area contributed by atoms with E-state index in [2.05, 4.69) is 15.3 Å². The number of carbonyl (C=O) groups excluding carboxylic acids is 1. The van der Waals surface area contributed by atoms with Crippen molar-refractivity contribution < 1.29 is 9.53 Å². The number of methoxy groups -OCH3 is 1. The predicted octanol–water partition coefficient (Wildman–Crippen LogP) is 4.81. The summed E-state index contributed by atoms with van der Waals surface area (Å²) in [6.07, 6.45) is 1.04. The van der Waals surface area contributed by atoms with E-state index in [0.29, 0.717) is 12.8 Å². The number of anilines is 1. The highest BCUT2D eigenvalue weighted by Gasteiger charge is 2.12. The summed E-state index contributed by atoms with van der Waals surface area (Å²) in [4.78, 5) is 20.5. The van der Waals surface area contributed by atoms with Crippen molar-refractivity contribution in [2.24, 2.45) is 0 Å². The van der Waals surface area contributed by atoms with Crippen molar-refractivity contribution in [1.29, 1.82) is 0 Å². The summed E-state index contributed by atoms with van der Waals surface area (Å²) in [6.45, 7) is 0. The molecule has 0 unspecified atom stereocenters. The molecule has 4 aromatic rings. The molecule has 0 bridgehead atoms. The fourth-order valence-electron chi connectivity index (χ4n) is 3.18. The van der Waals surface area contributed by atoms with Gasteiger partial charge >= 0.3 is 0 Å². The third-order valence-corrected chi connectivity index (χ3v) is 4.62. The van der Waals surface area contributed by atoms with E-state index in [0.717, 1.165) is 39.4 Å². The molecule has 2 N–H and O–H groups in total. The van der Waals surface area contributed by atoms with E-state index in [1.54, 1.807) is 7.11 Å². The number of rotatable bonds is 6. The molecule has 0 spiro atoms. The summed E-state index contributed by atoms with van der Waals surface area (Å²) in [6, 6.07) is 23.4. The number of H-pyrrole nitrogens is 1. The fraction of sp³-hybridized carbons (Fsp3) is 0.130. The molecule has 1 amide bonds. The summed E-state index contributed by atoms with van der Waals surface area (Å²) in [5, 5.41) is 3.02. The molecule has 5 heteroatoms. The maximum Gasteiger partial charge on any atom is 0.224 e. The number of imidazole rings is 1. The van der Waals surface area contributed by atoms with Gasteiger partial charge in [0.05, 0.1) is 23.8 Å². The van der Waals surface area contributed by atoms with Crippen LogP contribution >= 0.6 is 0 Å². The number of benzene rings is 3. The van der Waals surface area contributed by atoms with Crippen LogP contribution in [0, 0.1) is 0 Å². The summed E-state index contributed by atoms with van der Waals surface area (Å²) in [5.41, 5.74) is 4.55. The van der Waals surface area contributed by atoms with Crippen molar-refractivity contribution >= 4 is 22.6 Å². The average Bonchev–Trinajstić information content (AvgIpc) is 3.17. The minimum absolute atomic E-state index is 0.0358. The van der Waals surface area contributed by atoms with E-state index in [1.165, 1.54) is 0 Å². The Labute approximate surface area is 163 Å². The second kappa shape index (κ2) is 7.96. The number of nitrogens with one attached hydrogen (secondary N) is 2. The molecule has 1 aromatic heterocycles. The summed E-state index contributed by atoms with van der Waals surface area (Å²) in [5.74, 6) is 1.50. The molecule has 0 aliphatic heterocycles. The molecule has 1 heterocycles. The molecule has 0 aliphatic carbocycles. The molecule has 28 heavy (non-hydrogen) atoms. The van der Waals surface area contributed by atoms with Gasteiger partial charge in [0.15, 0.2) is 0 Å². The van der Waals surface area contributed by atoms with Crippen LogP contribution in [0.15, 0.2) is 72.8 Å². The van der Waals surface area contributed by atoms with Gasteiger partial charge in [0, 0.05) is 12.0 Å². The predicted molar refractivity (Wildman–Crippen MR) is 111 cm³/mol. The number of aromatic nitrogens is 2. The van der Waals surface area contributed by atoms with Crippen LogP contribution < -0.4 is 10.1 Å². The normalized spacial score (nSPS) is 10.8. The monoisotopic (exact) mass is 371 g/mol. The Bertz CT molecular complexity index is 1080. The molecule has 0 radical (unpaired) electrons. The van der Waals surface area contributed by atoms with Gasteiger partial charge in [0.25, 0.3) is 0 Å². The zero-order valence-electron chi connectivity index (χ0n) is 15.6. The molecule has 140 valence electrons. The van der Waals surface area contributed by atoms with Gasteiger partial charge in [-0.25, -0.2) is 4.98 Å². The Morgan fingerprint density at radius 1 is 1.04 bits per heavy atom. The first kappa shape index (κ1) is 17.8. The smallest absolute Gasteiger partial charge is 0.224 e. The van der Waals surface area contributed by atoms with Crippen LogP contribution in [0.3, 0.4) is 0 Å². The topological polar surface area (TPSA) is 67.0 Å². The second-order valence-electron chi connectivity index (χ2n) is 6.55. The van der Waals surface area contributed by atoms with Gasteiger partial charge in [-0.05, 0) is 48.4 Å². The standard InChI is InChI=1S/C23H21N3O2/c1-28-17-8-6-7-16(15-17)13-14-22(27)24-19-10-3-2-9-18(19)23-25-20-11-4-5-12-21(20)26-23/h2-12,15H,13-14H2,1H3,(H,24,27)(H,25,26). The Kier molecular flexibility index (Phi) is 5.06. The van der Waals surface area contributed by atoms with E-state index >= 15 is 0 Å². The van der Waals surface area contributed by atoms with Crippen LogP contribution in [0.2, 0.25) is 0 Å². The minimum atomic E-state index is -0.0358. The summed E-state index contributed by atoms with van der Waals surface area (Å²) >= 11 is 0. The Balaban J connectivity index is 1.49. The van der Waals surface area contributed by atoms with Gasteiger partial charge in [-0.3, -0.25) is 4.79 Å². The maximum atomic E-state index is 12.5. The average molecular weight is 371 g/mol. The minimum Gasteiger partial charge on any atom is -0.497 e. The lowest BCUT2D eigenvalue weighted by molar-refractivity contribution is -0.116. The van der Waals surface area contributed by atoms with Crippen LogP contribution in [-0.4, -0.2) is 23.0 Å². The summed E-state index contributed by atoms with van der Waals surface area (Å²) < 4.78 is 5.24. The Morgan fingerprint density at radius 3 is 2.71 bits per heavy atom. The van der Waals surface area contributed by atoms with E-state index in [-0.39, 0.29) is 5.91 Å². The van der Waals surface area contributed by atoms with Gasteiger partial charge in [0.2, 0.25) is 5.91 Å². The number of carbonyl (C=O) groups is 1. The molecule has 0 aliphatic rings. The fourth-order valence-corrected chi connectivity index (χ4v) is 3.18. The SMILES string of the molecule is COc1cccc(CCC(=O)Nc2ccccc2-c2nc3ccccc3[nH]2)c1. The molecule has 3 aromatic carbocycles. The number of ether oxygens (including phenoxy) is 1. The lowest BCUT2D eigenvalue weighted by Gasteiger charge is -2.10. The number of hydrogen-bond acceptors (Lipinski definition) is 3. The molecular weight excluding hydrogens is 350 g/mol. The third kappa shape index (κ3) is 3.88. The number of amides is 1. The van der Waals surface area contributed by atoms with Crippen molar-refractivity contribution in [2.75, 3.05) is 12.4 Å². The van der Waals surface area contributed by atoms with E-state index in [9.17, 15) is 4.79 Å². The van der Waals surface area contributed by atoms with Crippen molar-refractivity contribution in [1.82, 2.24) is 9.97 Å². The van der Waals surface area contributed by atoms with Gasteiger partial charge in [-0.2, -0.15) is 0 Å². The highest BCUT2D eigenvalue weighted by atomic mass is 16.5.